The molecule has 2 fully saturated rings. The van der Waals surface area contributed by atoms with Crippen LogP contribution in [0, 0.1) is 19.8 Å². The van der Waals surface area contributed by atoms with E-state index < -0.39 is 6.03 Å². The number of H-pyrrole nitrogens is 1. The molecule has 47 heavy (non-hydrogen) atoms. The lowest BCUT2D eigenvalue weighted by Gasteiger charge is -2.43. The predicted octanol–water partition coefficient (Wildman–Crippen LogP) is 8.38. The number of likely N-dealkylation sites (tertiary alicyclic amines) is 2. The maximum absolute atomic E-state index is 11.3. The normalized spacial score (nSPS) is 16.0. The number of alkyl halides is 1. The van der Waals surface area contributed by atoms with Gasteiger partial charge in [0.05, 0.1) is 7.18 Å². The van der Waals surface area contributed by atoms with Gasteiger partial charge in [0.1, 0.15) is 6.29 Å². The number of nitrogens with zero attached hydrogens (tertiary/aromatic N) is 2. The Morgan fingerprint density at radius 2 is 1.66 bits per heavy atom. The van der Waals surface area contributed by atoms with Crippen LogP contribution in [0.3, 0.4) is 0 Å². The lowest BCUT2D eigenvalue weighted by molar-refractivity contribution is -0.104. The van der Waals surface area contributed by atoms with Crippen molar-refractivity contribution in [2.45, 2.75) is 72.3 Å². The van der Waals surface area contributed by atoms with E-state index in [4.69, 9.17) is 14.9 Å². The first-order valence-electron chi connectivity index (χ1n) is 16.3. The first-order chi connectivity index (χ1) is 22.8. The molecular formula is C37H60F3N5O2. The first-order valence-corrected chi connectivity index (χ1v) is 16.3. The third-order valence-electron chi connectivity index (χ3n) is 8.19. The van der Waals surface area contributed by atoms with Gasteiger partial charge in [-0.15, -0.1) is 13.2 Å². The number of nitrogens with two attached hydrogens (primary N) is 1. The van der Waals surface area contributed by atoms with Crippen molar-refractivity contribution < 1.29 is 23.1 Å². The molecule has 0 radical (unpaired) electrons. The summed E-state index contributed by atoms with van der Waals surface area (Å²) in [6.07, 6.45) is 15.3. The third-order valence-corrected chi connectivity index (χ3v) is 8.19. The third kappa shape index (κ3) is 17.2. The Hall–Kier alpha value is -3.63. The first kappa shape index (κ1) is 45.5. The molecule has 0 bridgehead atoms. The molecule has 2 aromatic rings. The standard InChI is InChI=1S/C22H37N5O.C10H10O.C2H6.C2H4.CH3F.F2/c1-4-5-20-16(2)19(14-24-20)17-8-12-27(13-9-17)21(15-25-22(23)28)18-6-10-26(3)11-7-18;1-9-4-2-5-10(8-9)6-3-7-11;4*1-2/h4-5,14,17-18,21,24H,6-13,15H2,1-3H3,(H3,23,25,28);2-8H,1H3;1-2H3;1-2H2;1H3;/b5-4-;6-3+;;;;. The summed E-state index contributed by atoms with van der Waals surface area (Å²) in [6.45, 7) is 21.4. The molecule has 2 aliphatic heterocycles. The molecule has 1 atom stereocenters. The molecule has 3 heterocycles. The zero-order chi connectivity index (χ0) is 36.2. The number of nitrogens with one attached hydrogen (secondary N) is 2. The van der Waals surface area contributed by atoms with Crippen molar-refractivity contribution in [3.63, 3.8) is 0 Å². The summed E-state index contributed by atoms with van der Waals surface area (Å²) in [6, 6.07) is 7.98. The summed E-state index contributed by atoms with van der Waals surface area (Å²) < 4.78 is 25.5. The SMILES string of the molecule is C/C=C\c1[nH]cc(C2CCN(C(CNC(N)=O)C3CCN(C)CC3)CC2)c1C.C=C.CC.CF.Cc1cccc(/C=C/C=O)c1.FF. The van der Waals surface area contributed by atoms with Crippen LogP contribution in [0.1, 0.15) is 80.3 Å². The quantitative estimate of drug-likeness (QED) is 0.150. The van der Waals surface area contributed by atoms with E-state index in [1.54, 1.807) is 6.08 Å². The number of aromatic amines is 1. The molecular weight excluding hydrogens is 603 g/mol. The van der Waals surface area contributed by atoms with Crippen molar-refractivity contribution in [1.82, 2.24) is 20.1 Å². The number of carbonyl (C=O) groups is 2. The molecule has 1 aromatic carbocycles. The molecule has 0 saturated carbocycles. The maximum atomic E-state index is 11.3. The fraction of sp³-hybridized carbons (Fsp3) is 0.514. The number of piperidine rings is 2. The van der Waals surface area contributed by atoms with Crippen molar-refractivity contribution in [3.8, 4) is 0 Å². The van der Waals surface area contributed by atoms with Crippen LogP contribution in [-0.2, 0) is 4.79 Å². The van der Waals surface area contributed by atoms with E-state index in [1.807, 2.05) is 45.0 Å². The number of hydrogen-bond donors (Lipinski definition) is 3. The largest absolute Gasteiger partial charge is 0.361 e. The molecule has 2 saturated heterocycles. The van der Waals surface area contributed by atoms with Crippen LogP contribution in [0.2, 0.25) is 0 Å². The Morgan fingerprint density at radius 3 is 2.17 bits per heavy atom. The van der Waals surface area contributed by atoms with Crippen LogP contribution < -0.4 is 11.1 Å². The van der Waals surface area contributed by atoms with Gasteiger partial charge < -0.3 is 20.9 Å². The zero-order valence-electron chi connectivity index (χ0n) is 29.7. The Kier molecular flexibility index (Phi) is 27.7. The van der Waals surface area contributed by atoms with Gasteiger partial charge in [0.15, 0.2) is 0 Å². The predicted molar refractivity (Wildman–Crippen MR) is 194 cm³/mol. The molecule has 266 valence electrons. The summed E-state index contributed by atoms with van der Waals surface area (Å²) in [5.74, 6) is 1.25. The molecule has 0 spiro atoms. The van der Waals surface area contributed by atoms with Gasteiger partial charge in [-0.25, -0.2) is 4.79 Å². The summed E-state index contributed by atoms with van der Waals surface area (Å²) in [4.78, 5) is 29.7. The van der Waals surface area contributed by atoms with Crippen molar-refractivity contribution >= 4 is 24.5 Å². The van der Waals surface area contributed by atoms with Crippen molar-refractivity contribution in [1.29, 1.82) is 0 Å². The van der Waals surface area contributed by atoms with Crippen molar-refractivity contribution in [2.75, 3.05) is 46.9 Å². The molecule has 10 heteroatoms. The number of allylic oxidation sites excluding steroid dienone is 2. The number of benzene rings is 1. The molecule has 1 unspecified atom stereocenters. The smallest absolute Gasteiger partial charge is 0.312 e. The fourth-order valence-corrected chi connectivity index (χ4v) is 5.97. The highest BCUT2D eigenvalue weighted by Gasteiger charge is 2.33. The lowest BCUT2D eigenvalue weighted by Crippen LogP contribution is -2.53. The van der Waals surface area contributed by atoms with Gasteiger partial charge in [-0.2, -0.15) is 0 Å². The monoisotopic (exact) mass is 663 g/mol. The van der Waals surface area contributed by atoms with E-state index in [-0.39, 0.29) is 0 Å². The number of carbonyl (C=O) groups excluding carboxylic acids is 2. The minimum Gasteiger partial charge on any atom is -0.361 e. The lowest BCUT2D eigenvalue weighted by atomic mass is 9.84. The average Bonchev–Trinajstić information content (AvgIpc) is 3.48. The average molecular weight is 664 g/mol. The molecule has 1 aromatic heterocycles. The van der Waals surface area contributed by atoms with E-state index in [9.17, 15) is 14.0 Å². The minimum atomic E-state index is -0.410. The van der Waals surface area contributed by atoms with Crippen molar-refractivity contribution in [3.05, 3.63) is 83.7 Å². The van der Waals surface area contributed by atoms with E-state index in [1.165, 1.54) is 54.1 Å². The van der Waals surface area contributed by atoms with E-state index in [2.05, 4.69) is 72.5 Å². The highest BCUT2D eigenvalue weighted by Crippen LogP contribution is 2.34. The topological polar surface area (TPSA) is 94.5 Å². The van der Waals surface area contributed by atoms with Gasteiger partial charge >= 0.3 is 6.03 Å². The van der Waals surface area contributed by atoms with Gasteiger partial charge in [0.25, 0.3) is 0 Å². The fourth-order valence-electron chi connectivity index (χ4n) is 5.97. The van der Waals surface area contributed by atoms with Gasteiger partial charge in [-0.3, -0.25) is 14.1 Å². The number of amides is 2. The summed E-state index contributed by atoms with van der Waals surface area (Å²) in [5.41, 5.74) is 11.7. The number of aromatic nitrogens is 1. The van der Waals surface area contributed by atoms with Crippen LogP contribution in [0.4, 0.5) is 18.3 Å². The summed E-state index contributed by atoms with van der Waals surface area (Å²) in [5, 5.41) is 2.89. The Labute approximate surface area is 282 Å². The molecule has 0 aliphatic carbocycles. The maximum Gasteiger partial charge on any atom is 0.312 e. The van der Waals surface area contributed by atoms with Crippen LogP contribution in [0.25, 0.3) is 12.2 Å². The van der Waals surface area contributed by atoms with E-state index in [0.717, 1.165) is 38.0 Å². The summed E-state index contributed by atoms with van der Waals surface area (Å²) >= 11 is 0. The number of primary amides is 1. The van der Waals surface area contributed by atoms with Gasteiger partial charge in [0.2, 0.25) is 0 Å². The zero-order valence-corrected chi connectivity index (χ0v) is 29.7. The van der Waals surface area contributed by atoms with E-state index >= 15 is 0 Å². The molecule has 2 aliphatic rings. The number of hydrogen-bond acceptors (Lipinski definition) is 4. The molecule has 7 nitrogen and oxygen atoms in total. The highest BCUT2D eigenvalue weighted by atomic mass is 20.0. The molecule has 4 N–H and O–H groups in total. The van der Waals surface area contributed by atoms with Crippen LogP contribution in [-0.4, -0.2) is 80.1 Å². The molecule has 2 amide bonds. The van der Waals surface area contributed by atoms with E-state index in [0.29, 0.717) is 31.6 Å². The summed E-state index contributed by atoms with van der Waals surface area (Å²) in [7, 11) is 2.69. The number of urea groups is 1. The van der Waals surface area contributed by atoms with Gasteiger partial charge in [-0.05, 0) is 120 Å². The number of rotatable bonds is 8. The highest BCUT2D eigenvalue weighted by molar-refractivity contribution is 5.73. The second kappa shape index (κ2) is 28.6. The van der Waals surface area contributed by atoms with Gasteiger partial charge in [-0.1, -0.05) is 55.8 Å². The molecule has 4 rings (SSSR count). The minimum absolute atomic E-state index is 0.396. The van der Waals surface area contributed by atoms with Crippen molar-refractivity contribution in [2.24, 2.45) is 11.7 Å². The number of aryl methyl sites for hydroxylation is 1. The van der Waals surface area contributed by atoms with Gasteiger partial charge in [0, 0.05) is 33.6 Å². The Morgan fingerprint density at radius 1 is 1.06 bits per heavy atom. The van der Waals surface area contributed by atoms with Crippen LogP contribution in [0.5, 0.6) is 0 Å². The second-order valence-electron chi connectivity index (χ2n) is 11.0. The van der Waals surface area contributed by atoms with Crippen LogP contribution in [0.15, 0.2) is 55.8 Å². The second-order valence-corrected chi connectivity index (χ2v) is 11.0. The Balaban J connectivity index is 0. The van der Waals surface area contributed by atoms with Crippen LogP contribution >= 0.6 is 0 Å². The Bertz CT molecular complexity index is 1140. The number of aldehydes is 1. The number of halogens is 3.